The molecule has 0 atom stereocenters. The van der Waals surface area contributed by atoms with E-state index in [0.717, 1.165) is 16.5 Å². The van der Waals surface area contributed by atoms with Gasteiger partial charge in [0, 0.05) is 17.0 Å². The molecule has 110 valence electrons. The van der Waals surface area contributed by atoms with Crippen LogP contribution >= 0.6 is 0 Å². The van der Waals surface area contributed by atoms with Crippen molar-refractivity contribution in [1.29, 1.82) is 0 Å². The second-order valence-corrected chi connectivity index (χ2v) is 4.93. The Labute approximate surface area is 126 Å². The molecule has 0 saturated heterocycles. The van der Waals surface area contributed by atoms with E-state index in [2.05, 4.69) is 5.10 Å². The van der Waals surface area contributed by atoms with Crippen LogP contribution in [0.4, 0.5) is 0 Å². The number of phenolic OH excluding ortho intramolecular Hbond substituents is 1. The van der Waals surface area contributed by atoms with Crippen molar-refractivity contribution >= 4 is 16.7 Å². The smallest absolute Gasteiger partial charge is 0.336 e. The predicted molar refractivity (Wildman–Crippen MR) is 85.2 cm³/mol. The first-order chi connectivity index (χ1) is 10.6. The molecule has 0 aliphatic rings. The molecule has 1 heterocycles. The summed E-state index contributed by atoms with van der Waals surface area (Å²) in [6.45, 7) is 1.81. The summed E-state index contributed by atoms with van der Waals surface area (Å²) in [4.78, 5) is 11.7. The number of aryl methyl sites for hydroxylation is 1. The standard InChI is InChI=1S/C17H14N2O3/c1-10-9-14(21)22-17-12(10)7-8-13(20)15(17)16(19-18)11-5-3-2-4-6-11/h2-9,20H,18H2,1H3/b19-16+. The summed E-state index contributed by atoms with van der Waals surface area (Å²) < 4.78 is 5.31. The number of hydrogen-bond acceptors (Lipinski definition) is 5. The molecule has 0 bridgehead atoms. The van der Waals surface area contributed by atoms with Crippen LogP contribution in [-0.4, -0.2) is 10.8 Å². The summed E-state index contributed by atoms with van der Waals surface area (Å²) in [5.74, 6) is 5.48. The Hall–Kier alpha value is -3.08. The van der Waals surface area contributed by atoms with Gasteiger partial charge in [-0.05, 0) is 24.6 Å². The van der Waals surface area contributed by atoms with Gasteiger partial charge in [0.25, 0.3) is 0 Å². The zero-order valence-electron chi connectivity index (χ0n) is 11.9. The van der Waals surface area contributed by atoms with E-state index in [1.54, 1.807) is 12.1 Å². The van der Waals surface area contributed by atoms with Crippen molar-refractivity contribution < 1.29 is 9.52 Å². The van der Waals surface area contributed by atoms with E-state index in [1.165, 1.54) is 6.07 Å². The molecule has 0 saturated carbocycles. The van der Waals surface area contributed by atoms with E-state index in [0.29, 0.717) is 11.3 Å². The van der Waals surface area contributed by atoms with E-state index in [9.17, 15) is 9.90 Å². The van der Waals surface area contributed by atoms with Crippen molar-refractivity contribution in [3.05, 3.63) is 75.6 Å². The molecule has 1 aromatic heterocycles. The molecule has 2 aromatic carbocycles. The Kier molecular flexibility index (Phi) is 3.39. The highest BCUT2D eigenvalue weighted by molar-refractivity contribution is 6.20. The second kappa shape index (κ2) is 5.37. The second-order valence-electron chi connectivity index (χ2n) is 4.93. The van der Waals surface area contributed by atoms with Crippen LogP contribution in [0.15, 0.2) is 62.8 Å². The maximum Gasteiger partial charge on any atom is 0.336 e. The van der Waals surface area contributed by atoms with Crippen molar-refractivity contribution in [2.75, 3.05) is 0 Å². The van der Waals surface area contributed by atoms with Gasteiger partial charge in [0.05, 0.1) is 5.56 Å². The number of hydrogen-bond donors (Lipinski definition) is 2. The van der Waals surface area contributed by atoms with Gasteiger partial charge in [-0.25, -0.2) is 4.79 Å². The van der Waals surface area contributed by atoms with Gasteiger partial charge in [-0.1, -0.05) is 30.3 Å². The van der Waals surface area contributed by atoms with E-state index < -0.39 is 5.63 Å². The summed E-state index contributed by atoms with van der Waals surface area (Å²) in [7, 11) is 0. The molecule has 22 heavy (non-hydrogen) atoms. The zero-order chi connectivity index (χ0) is 15.7. The SMILES string of the molecule is Cc1cc(=O)oc2c(/C(=N/N)c3ccccc3)c(O)ccc12. The van der Waals surface area contributed by atoms with Gasteiger partial charge in [-0.3, -0.25) is 0 Å². The van der Waals surface area contributed by atoms with Crippen molar-refractivity contribution in [2.24, 2.45) is 10.9 Å². The first kappa shape index (κ1) is 13.9. The van der Waals surface area contributed by atoms with Crippen LogP contribution in [-0.2, 0) is 0 Å². The Morgan fingerprint density at radius 2 is 1.91 bits per heavy atom. The van der Waals surface area contributed by atoms with E-state index in [1.807, 2.05) is 37.3 Å². The lowest BCUT2D eigenvalue weighted by Crippen LogP contribution is -2.09. The number of nitrogens with two attached hydrogens (primary N) is 1. The molecule has 0 amide bonds. The fourth-order valence-electron chi connectivity index (χ4n) is 2.48. The molecule has 0 radical (unpaired) electrons. The number of hydrazone groups is 1. The third-order valence-electron chi connectivity index (χ3n) is 3.51. The number of aromatic hydroxyl groups is 1. The van der Waals surface area contributed by atoms with Crippen LogP contribution in [0.3, 0.4) is 0 Å². The molecule has 0 spiro atoms. The van der Waals surface area contributed by atoms with Crippen molar-refractivity contribution in [2.45, 2.75) is 6.92 Å². The molecule has 0 aliphatic carbocycles. The van der Waals surface area contributed by atoms with Gasteiger partial charge >= 0.3 is 5.63 Å². The van der Waals surface area contributed by atoms with Gasteiger partial charge in [0.2, 0.25) is 0 Å². The number of benzene rings is 2. The number of phenols is 1. The molecule has 0 fully saturated rings. The summed E-state index contributed by atoms with van der Waals surface area (Å²) in [5.41, 5.74) is 1.94. The first-order valence-corrected chi connectivity index (χ1v) is 6.72. The first-order valence-electron chi connectivity index (χ1n) is 6.72. The average Bonchev–Trinajstić information content (AvgIpc) is 2.51. The highest BCUT2D eigenvalue weighted by Crippen LogP contribution is 2.30. The predicted octanol–water partition coefficient (Wildman–Crippen LogP) is 2.52. The number of fused-ring (bicyclic) bond motifs is 1. The maximum absolute atomic E-state index is 11.7. The van der Waals surface area contributed by atoms with Crippen LogP contribution < -0.4 is 11.5 Å². The average molecular weight is 294 g/mol. The molecule has 3 N–H and O–H groups in total. The van der Waals surface area contributed by atoms with Crippen LogP contribution in [0.2, 0.25) is 0 Å². The highest BCUT2D eigenvalue weighted by Gasteiger charge is 2.18. The molecule has 5 heteroatoms. The topological polar surface area (TPSA) is 88.8 Å². The number of rotatable bonds is 2. The zero-order valence-corrected chi connectivity index (χ0v) is 11.9. The minimum Gasteiger partial charge on any atom is -0.507 e. The Morgan fingerprint density at radius 1 is 1.18 bits per heavy atom. The molecule has 5 nitrogen and oxygen atoms in total. The molecule has 3 aromatic rings. The van der Waals surface area contributed by atoms with Crippen LogP contribution in [0, 0.1) is 6.92 Å². The summed E-state index contributed by atoms with van der Waals surface area (Å²) >= 11 is 0. The van der Waals surface area contributed by atoms with E-state index >= 15 is 0 Å². The van der Waals surface area contributed by atoms with Crippen molar-refractivity contribution in [3.8, 4) is 5.75 Å². The van der Waals surface area contributed by atoms with E-state index in [-0.39, 0.29) is 11.3 Å². The van der Waals surface area contributed by atoms with Crippen LogP contribution in [0.25, 0.3) is 11.0 Å². The van der Waals surface area contributed by atoms with E-state index in [4.69, 9.17) is 10.3 Å². The summed E-state index contributed by atoms with van der Waals surface area (Å²) in [6, 6.07) is 13.8. The van der Waals surface area contributed by atoms with Gasteiger partial charge in [-0.2, -0.15) is 5.10 Å². The number of nitrogens with zero attached hydrogens (tertiary/aromatic N) is 1. The quantitative estimate of drug-likeness (QED) is 0.329. The van der Waals surface area contributed by atoms with Gasteiger partial charge in [0.15, 0.2) is 5.58 Å². The summed E-state index contributed by atoms with van der Waals surface area (Å²) in [6.07, 6.45) is 0. The molecular formula is C17H14N2O3. The summed E-state index contributed by atoms with van der Waals surface area (Å²) in [5, 5.41) is 14.8. The molecular weight excluding hydrogens is 280 g/mol. The monoisotopic (exact) mass is 294 g/mol. The fourth-order valence-corrected chi connectivity index (χ4v) is 2.48. The maximum atomic E-state index is 11.7. The van der Waals surface area contributed by atoms with Gasteiger partial charge in [-0.15, -0.1) is 0 Å². The lowest BCUT2D eigenvalue weighted by atomic mass is 9.98. The third kappa shape index (κ3) is 2.22. The Bertz CT molecular complexity index is 928. The Balaban J connectivity index is 2.39. The van der Waals surface area contributed by atoms with Crippen LogP contribution in [0.5, 0.6) is 5.75 Å². The van der Waals surface area contributed by atoms with Crippen molar-refractivity contribution in [3.63, 3.8) is 0 Å². The Morgan fingerprint density at radius 3 is 2.59 bits per heavy atom. The molecule has 3 rings (SSSR count). The van der Waals surface area contributed by atoms with Gasteiger partial charge in [0.1, 0.15) is 11.5 Å². The van der Waals surface area contributed by atoms with Crippen molar-refractivity contribution in [1.82, 2.24) is 0 Å². The van der Waals surface area contributed by atoms with Gasteiger partial charge < -0.3 is 15.4 Å². The largest absolute Gasteiger partial charge is 0.507 e. The fraction of sp³-hybridized carbons (Fsp3) is 0.0588. The lowest BCUT2D eigenvalue weighted by Gasteiger charge is -2.11. The van der Waals surface area contributed by atoms with Crippen LogP contribution in [0.1, 0.15) is 16.7 Å². The lowest BCUT2D eigenvalue weighted by molar-refractivity contribution is 0.471. The minimum absolute atomic E-state index is 0.0469. The molecule has 0 aliphatic heterocycles. The third-order valence-corrected chi connectivity index (χ3v) is 3.51. The minimum atomic E-state index is -0.485. The normalized spacial score (nSPS) is 11.8. The molecule has 0 unspecified atom stereocenters. The highest BCUT2D eigenvalue weighted by atomic mass is 16.4.